The Kier molecular flexibility index (Phi) is 4.95. The summed E-state index contributed by atoms with van der Waals surface area (Å²) >= 11 is 3.03. The lowest BCUT2D eigenvalue weighted by molar-refractivity contribution is 0.554. The second-order valence-corrected chi connectivity index (χ2v) is 7.67. The number of thiazole rings is 1. The summed E-state index contributed by atoms with van der Waals surface area (Å²) < 4.78 is 29.6. The molecule has 2 aromatic heterocycles. The van der Waals surface area contributed by atoms with E-state index >= 15 is 0 Å². The van der Waals surface area contributed by atoms with E-state index in [1.54, 1.807) is 29.4 Å². The van der Waals surface area contributed by atoms with Gasteiger partial charge >= 0.3 is 0 Å². The topological polar surface area (TPSA) is 75.5 Å². The second-order valence-electron chi connectivity index (χ2n) is 4.25. The summed E-state index contributed by atoms with van der Waals surface area (Å²) in [7, 11) is -1.94. The monoisotopic (exact) mass is 334 g/mol. The first-order chi connectivity index (χ1) is 9.53. The van der Waals surface area contributed by atoms with Crippen molar-refractivity contribution in [3.63, 3.8) is 0 Å². The number of rotatable bonds is 7. The van der Waals surface area contributed by atoms with Crippen LogP contribution >= 0.6 is 23.1 Å². The maximum Gasteiger partial charge on any atom is 0.260 e. The summed E-state index contributed by atoms with van der Waals surface area (Å²) in [4.78, 5) is 4.94. The van der Waals surface area contributed by atoms with Gasteiger partial charge in [0.1, 0.15) is 0 Å². The standard InChI is InChI=1S/C11H18N4O2S3/c1-4-8(7-18-3)14-20(16,17)10-9(12-2)13-11-15(10)5-6-19-11/h5-6,8,12,14H,4,7H2,1-3H3. The highest BCUT2D eigenvalue weighted by molar-refractivity contribution is 7.98. The third-order valence-corrected chi connectivity index (χ3v) is 5.93. The van der Waals surface area contributed by atoms with Crippen molar-refractivity contribution in [1.29, 1.82) is 0 Å². The first kappa shape index (κ1) is 15.6. The minimum absolute atomic E-state index is 0.0797. The number of nitrogens with zero attached hydrogens (tertiary/aromatic N) is 2. The van der Waals surface area contributed by atoms with Crippen LogP contribution in [0.4, 0.5) is 5.82 Å². The first-order valence-corrected chi connectivity index (χ1v) is 9.93. The normalized spacial score (nSPS) is 13.8. The second kappa shape index (κ2) is 6.33. The summed E-state index contributed by atoms with van der Waals surface area (Å²) in [5.74, 6) is 1.12. The van der Waals surface area contributed by atoms with Gasteiger partial charge in [-0.15, -0.1) is 11.3 Å². The fourth-order valence-electron chi connectivity index (χ4n) is 1.90. The molecule has 6 nitrogen and oxygen atoms in total. The van der Waals surface area contributed by atoms with Gasteiger partial charge in [-0.2, -0.15) is 11.8 Å². The Morgan fingerprint density at radius 1 is 1.55 bits per heavy atom. The van der Waals surface area contributed by atoms with E-state index in [9.17, 15) is 8.42 Å². The van der Waals surface area contributed by atoms with Crippen LogP contribution in [0.2, 0.25) is 0 Å². The molecule has 0 aliphatic rings. The minimum atomic E-state index is -3.61. The lowest BCUT2D eigenvalue weighted by atomic mass is 10.3. The minimum Gasteiger partial charge on any atom is -0.371 e. The summed E-state index contributed by atoms with van der Waals surface area (Å²) in [6.07, 6.45) is 4.43. The molecule has 9 heteroatoms. The van der Waals surface area contributed by atoms with E-state index in [1.807, 2.05) is 18.6 Å². The molecule has 0 aliphatic carbocycles. The highest BCUT2D eigenvalue weighted by Gasteiger charge is 2.27. The third kappa shape index (κ3) is 2.95. The Hall–Kier alpha value is -0.770. The van der Waals surface area contributed by atoms with Gasteiger partial charge in [0.15, 0.2) is 15.8 Å². The molecular weight excluding hydrogens is 316 g/mol. The molecule has 112 valence electrons. The van der Waals surface area contributed by atoms with Crippen LogP contribution in [-0.2, 0) is 10.0 Å². The zero-order valence-corrected chi connectivity index (χ0v) is 14.0. The highest BCUT2D eigenvalue weighted by atomic mass is 32.2. The molecule has 2 rings (SSSR count). The molecule has 20 heavy (non-hydrogen) atoms. The fraction of sp³-hybridized carbons (Fsp3) is 0.545. The molecule has 2 heterocycles. The van der Waals surface area contributed by atoms with Crippen molar-refractivity contribution in [3.05, 3.63) is 11.6 Å². The Bertz CT molecular complexity index is 677. The predicted molar refractivity (Wildman–Crippen MR) is 85.4 cm³/mol. The summed E-state index contributed by atoms with van der Waals surface area (Å²) in [6, 6.07) is -0.0797. The van der Waals surface area contributed by atoms with E-state index in [2.05, 4.69) is 15.0 Å². The van der Waals surface area contributed by atoms with Crippen LogP contribution in [0.1, 0.15) is 13.3 Å². The van der Waals surface area contributed by atoms with Crippen LogP contribution in [0, 0.1) is 0 Å². The number of hydrogen-bond donors (Lipinski definition) is 2. The molecule has 0 fully saturated rings. The van der Waals surface area contributed by atoms with Crippen molar-refractivity contribution in [2.75, 3.05) is 24.4 Å². The van der Waals surface area contributed by atoms with E-state index in [-0.39, 0.29) is 11.1 Å². The Morgan fingerprint density at radius 3 is 2.90 bits per heavy atom. The van der Waals surface area contributed by atoms with Gasteiger partial charge in [0.25, 0.3) is 10.0 Å². The smallest absolute Gasteiger partial charge is 0.260 e. The van der Waals surface area contributed by atoms with E-state index in [4.69, 9.17) is 0 Å². The average molecular weight is 334 g/mol. The number of hydrogen-bond acceptors (Lipinski definition) is 6. The van der Waals surface area contributed by atoms with Crippen LogP contribution in [0.25, 0.3) is 4.96 Å². The van der Waals surface area contributed by atoms with Crippen molar-refractivity contribution in [2.24, 2.45) is 0 Å². The molecule has 0 saturated heterocycles. The van der Waals surface area contributed by atoms with Gasteiger partial charge in [0.2, 0.25) is 0 Å². The van der Waals surface area contributed by atoms with E-state index < -0.39 is 10.0 Å². The van der Waals surface area contributed by atoms with Crippen LogP contribution in [0.15, 0.2) is 16.6 Å². The molecule has 2 aromatic rings. The average Bonchev–Trinajstić information content (AvgIpc) is 2.96. The number of anilines is 1. The Labute approximate surface area is 127 Å². The number of sulfonamides is 1. The fourth-order valence-corrected chi connectivity index (χ4v) is 5.10. The van der Waals surface area contributed by atoms with Crippen molar-refractivity contribution in [2.45, 2.75) is 24.4 Å². The van der Waals surface area contributed by atoms with Gasteiger partial charge in [0, 0.05) is 30.4 Å². The largest absolute Gasteiger partial charge is 0.371 e. The van der Waals surface area contributed by atoms with Gasteiger partial charge < -0.3 is 5.32 Å². The predicted octanol–water partition coefficient (Wildman–Crippen LogP) is 1.86. The van der Waals surface area contributed by atoms with Crippen molar-refractivity contribution >= 4 is 43.9 Å². The number of thioether (sulfide) groups is 1. The molecule has 0 aliphatic heterocycles. The molecule has 0 radical (unpaired) electrons. The van der Waals surface area contributed by atoms with Crippen LogP contribution in [0.5, 0.6) is 0 Å². The Morgan fingerprint density at radius 2 is 2.30 bits per heavy atom. The van der Waals surface area contributed by atoms with Gasteiger partial charge in [-0.05, 0) is 12.7 Å². The van der Waals surface area contributed by atoms with Crippen LogP contribution in [0.3, 0.4) is 0 Å². The zero-order chi connectivity index (χ0) is 14.8. The highest BCUT2D eigenvalue weighted by Crippen LogP contribution is 2.25. The summed E-state index contributed by atoms with van der Waals surface area (Å²) in [5.41, 5.74) is 0. The molecule has 1 unspecified atom stereocenters. The lowest BCUT2D eigenvalue weighted by Crippen LogP contribution is -2.36. The third-order valence-electron chi connectivity index (χ3n) is 2.89. The van der Waals surface area contributed by atoms with E-state index in [0.29, 0.717) is 10.8 Å². The van der Waals surface area contributed by atoms with Crippen LogP contribution in [-0.4, -0.2) is 42.9 Å². The zero-order valence-electron chi connectivity index (χ0n) is 11.6. The molecule has 1 atom stereocenters. The Balaban J connectivity index is 2.42. The first-order valence-electron chi connectivity index (χ1n) is 6.18. The van der Waals surface area contributed by atoms with Crippen molar-refractivity contribution in [1.82, 2.24) is 14.1 Å². The number of nitrogens with one attached hydrogen (secondary N) is 2. The van der Waals surface area contributed by atoms with Crippen molar-refractivity contribution in [3.8, 4) is 0 Å². The number of fused-ring (bicyclic) bond motifs is 1. The van der Waals surface area contributed by atoms with Gasteiger partial charge in [-0.3, -0.25) is 4.40 Å². The van der Waals surface area contributed by atoms with Crippen molar-refractivity contribution < 1.29 is 8.42 Å². The van der Waals surface area contributed by atoms with Crippen LogP contribution < -0.4 is 10.0 Å². The number of aromatic nitrogens is 2. The SMILES string of the molecule is CCC(CSC)NS(=O)(=O)c1c(NC)nc2sccn12. The lowest BCUT2D eigenvalue weighted by Gasteiger charge is -2.16. The van der Waals surface area contributed by atoms with E-state index in [1.165, 1.54) is 11.3 Å². The molecule has 0 aromatic carbocycles. The molecule has 0 amide bonds. The maximum atomic E-state index is 12.6. The number of imidazole rings is 1. The molecule has 0 bridgehead atoms. The molecule has 0 saturated carbocycles. The van der Waals surface area contributed by atoms with Gasteiger partial charge in [-0.1, -0.05) is 6.92 Å². The van der Waals surface area contributed by atoms with Gasteiger partial charge in [-0.25, -0.2) is 18.1 Å². The van der Waals surface area contributed by atoms with E-state index in [0.717, 1.165) is 12.2 Å². The molecular formula is C11H18N4O2S3. The molecule has 0 spiro atoms. The maximum absolute atomic E-state index is 12.6. The molecule has 2 N–H and O–H groups in total. The summed E-state index contributed by atoms with van der Waals surface area (Å²) in [6.45, 7) is 1.97. The van der Waals surface area contributed by atoms with Gasteiger partial charge in [0.05, 0.1) is 0 Å². The quantitative estimate of drug-likeness (QED) is 0.808. The summed E-state index contributed by atoms with van der Waals surface area (Å²) in [5, 5.41) is 4.85.